The molecule has 0 bridgehead atoms. The molecule has 7 N–H and O–H groups in total. The van der Waals surface area contributed by atoms with Crippen molar-refractivity contribution in [2.24, 2.45) is 0 Å². The van der Waals surface area contributed by atoms with Crippen LogP contribution in [0.4, 0.5) is 0 Å². The van der Waals surface area contributed by atoms with Crippen molar-refractivity contribution in [1.29, 1.82) is 0 Å². The molecule has 0 saturated carbocycles. The average Bonchev–Trinajstić information content (AvgIpc) is 2.61. The van der Waals surface area contributed by atoms with E-state index in [1.54, 1.807) is 0 Å². The zero-order chi connectivity index (χ0) is 20.5. The molecule has 12 nitrogen and oxygen atoms in total. The Balaban J connectivity index is 2.26. The number of ether oxygens (including phenoxy) is 4. The third kappa shape index (κ3) is 4.43. The number of aliphatic hydroxyl groups is 7. The molecule has 0 radical (unpaired) electrons. The molecule has 2 heterocycles. The van der Waals surface area contributed by atoms with Gasteiger partial charge >= 0.3 is 5.97 Å². The van der Waals surface area contributed by atoms with E-state index in [0.29, 0.717) is 0 Å². The maximum absolute atomic E-state index is 11.4. The second-order valence-electron chi connectivity index (χ2n) is 6.24. The Labute approximate surface area is 162 Å². The number of carbonyl (C=O) groups excluding carboxylic acids is 1. The van der Waals surface area contributed by atoms with Crippen LogP contribution < -0.4 is 0 Å². The first kappa shape index (κ1) is 22.8. The number of alkyl halides is 1. The van der Waals surface area contributed by atoms with Gasteiger partial charge in [0.2, 0.25) is 4.51 Å². The zero-order valence-corrected chi connectivity index (χ0v) is 15.7. The fourth-order valence-electron chi connectivity index (χ4n) is 2.92. The predicted molar refractivity (Wildman–Crippen MR) is 86.0 cm³/mol. The van der Waals surface area contributed by atoms with Crippen molar-refractivity contribution in [3.63, 3.8) is 0 Å². The highest BCUT2D eigenvalue weighted by Crippen LogP contribution is 2.40. The molecule has 10 atom stereocenters. The quantitative estimate of drug-likeness (QED) is 0.154. The molecule has 27 heavy (non-hydrogen) atoms. The van der Waals surface area contributed by atoms with E-state index in [-0.39, 0.29) is 0 Å². The Bertz CT molecular complexity index is 520. The standard InChI is InChI=1S/C14H23BrO12/c1-4(18)27-14(15)10(21)6(3-17)25-13(11(14)22)26-9-5(2-16)24-12(23)8(20)7(9)19/h5-13,16-17,19-23H,2-3H2,1H3/t5-,6-,7-,8-,9-,10-,11+,12-,13-,14+/m1/s1. The molecule has 158 valence electrons. The molecule has 0 aromatic heterocycles. The average molecular weight is 463 g/mol. The molecule has 0 unspecified atom stereocenters. The summed E-state index contributed by atoms with van der Waals surface area (Å²) in [6, 6.07) is 0. The van der Waals surface area contributed by atoms with E-state index in [2.05, 4.69) is 15.9 Å². The highest BCUT2D eigenvalue weighted by atomic mass is 79.9. The number of esters is 1. The molecule has 13 heteroatoms. The maximum Gasteiger partial charge on any atom is 0.304 e. The van der Waals surface area contributed by atoms with Gasteiger partial charge in [0.25, 0.3) is 0 Å². The van der Waals surface area contributed by atoms with Gasteiger partial charge in [0.15, 0.2) is 18.7 Å². The number of carbonyl (C=O) groups is 1. The van der Waals surface area contributed by atoms with Crippen molar-refractivity contribution in [2.45, 2.75) is 66.7 Å². The predicted octanol–water partition coefficient (Wildman–Crippen LogP) is -4.10. The van der Waals surface area contributed by atoms with Gasteiger partial charge in [0.05, 0.1) is 13.2 Å². The van der Waals surface area contributed by atoms with Crippen molar-refractivity contribution < 1.29 is 59.5 Å². The van der Waals surface area contributed by atoms with E-state index < -0.39 is 79.0 Å². The second-order valence-corrected chi connectivity index (χ2v) is 7.48. The van der Waals surface area contributed by atoms with Gasteiger partial charge in [-0.25, -0.2) is 0 Å². The van der Waals surface area contributed by atoms with Crippen LogP contribution in [0.15, 0.2) is 0 Å². The summed E-state index contributed by atoms with van der Waals surface area (Å²) in [7, 11) is 0. The third-order valence-electron chi connectivity index (χ3n) is 4.34. The van der Waals surface area contributed by atoms with Gasteiger partial charge in [-0.3, -0.25) is 4.79 Å². The zero-order valence-electron chi connectivity index (χ0n) is 14.2. The molecule has 2 saturated heterocycles. The lowest BCUT2D eigenvalue weighted by Gasteiger charge is -2.48. The monoisotopic (exact) mass is 462 g/mol. The Hall–Kier alpha value is -0.450. The maximum atomic E-state index is 11.4. The lowest BCUT2D eigenvalue weighted by molar-refractivity contribution is -0.358. The third-order valence-corrected chi connectivity index (χ3v) is 5.44. The van der Waals surface area contributed by atoms with Gasteiger partial charge in [-0.1, -0.05) is 0 Å². The molecule has 2 rings (SSSR count). The molecule has 2 aliphatic heterocycles. The molecule has 0 amide bonds. The summed E-state index contributed by atoms with van der Waals surface area (Å²) in [5.74, 6) is -0.866. The van der Waals surface area contributed by atoms with Crippen molar-refractivity contribution in [3.05, 3.63) is 0 Å². The van der Waals surface area contributed by atoms with Crippen molar-refractivity contribution in [1.82, 2.24) is 0 Å². The van der Waals surface area contributed by atoms with Crippen LogP contribution >= 0.6 is 15.9 Å². The molecule has 0 aliphatic carbocycles. The summed E-state index contributed by atoms with van der Waals surface area (Å²) in [6.45, 7) is -0.430. The minimum atomic E-state index is -2.11. The van der Waals surface area contributed by atoms with E-state index >= 15 is 0 Å². The summed E-state index contributed by atoms with van der Waals surface area (Å²) >= 11 is 2.94. The normalized spacial score (nSPS) is 48.3. The Morgan fingerprint density at radius 3 is 2.11 bits per heavy atom. The number of hydrogen-bond donors (Lipinski definition) is 7. The van der Waals surface area contributed by atoms with Gasteiger partial charge in [-0.2, -0.15) is 0 Å². The summed E-state index contributed by atoms with van der Waals surface area (Å²) < 4.78 is 18.4. The minimum absolute atomic E-state index is 0.718. The van der Waals surface area contributed by atoms with Crippen LogP contribution in [0.5, 0.6) is 0 Å². The van der Waals surface area contributed by atoms with Crippen molar-refractivity contribution in [3.8, 4) is 0 Å². The second kappa shape index (κ2) is 8.92. The summed E-state index contributed by atoms with van der Waals surface area (Å²) in [5, 5.41) is 68.9. The number of hydrogen-bond acceptors (Lipinski definition) is 12. The topological polar surface area (TPSA) is 196 Å². The van der Waals surface area contributed by atoms with Crippen molar-refractivity contribution in [2.75, 3.05) is 13.2 Å². The number of halogens is 1. The van der Waals surface area contributed by atoms with Crippen molar-refractivity contribution >= 4 is 21.9 Å². The SMILES string of the molecule is CC(=O)O[C@@]1(Br)[C@H](O)[C@@H](CO)O[C@H](O[C@H]2[C@H](O)[C@@H](O)[C@H](O)O[C@@H]2CO)[C@@H]1O. The molecule has 2 aliphatic rings. The Morgan fingerprint density at radius 2 is 1.59 bits per heavy atom. The smallest absolute Gasteiger partial charge is 0.304 e. The lowest BCUT2D eigenvalue weighted by atomic mass is 9.96. The Kier molecular flexibility index (Phi) is 7.54. The van der Waals surface area contributed by atoms with Gasteiger partial charge in [-0.05, 0) is 15.9 Å². The van der Waals surface area contributed by atoms with Gasteiger partial charge < -0.3 is 54.7 Å². The summed E-state index contributed by atoms with van der Waals surface area (Å²) in [4.78, 5) is 11.4. The molecule has 0 aromatic carbocycles. The molecular weight excluding hydrogens is 440 g/mol. The first-order valence-electron chi connectivity index (χ1n) is 8.03. The van der Waals surface area contributed by atoms with Crippen LogP contribution in [0.1, 0.15) is 6.92 Å². The lowest BCUT2D eigenvalue weighted by Crippen LogP contribution is -2.68. The van der Waals surface area contributed by atoms with E-state index in [1.807, 2.05) is 0 Å². The van der Waals surface area contributed by atoms with Crippen LogP contribution in [0.25, 0.3) is 0 Å². The number of rotatable bonds is 5. The largest absolute Gasteiger partial charge is 0.442 e. The summed E-state index contributed by atoms with van der Waals surface area (Å²) in [5.41, 5.74) is 0. The first-order chi connectivity index (χ1) is 12.6. The molecular formula is C14H23BrO12. The summed E-state index contributed by atoms with van der Waals surface area (Å²) in [6.07, 6.45) is -14.7. The molecule has 0 aromatic rings. The van der Waals surface area contributed by atoms with Gasteiger partial charge in [0.1, 0.15) is 36.6 Å². The van der Waals surface area contributed by atoms with Gasteiger partial charge in [-0.15, -0.1) is 0 Å². The van der Waals surface area contributed by atoms with E-state index in [4.69, 9.17) is 18.9 Å². The van der Waals surface area contributed by atoms with E-state index in [0.717, 1.165) is 6.92 Å². The van der Waals surface area contributed by atoms with Crippen LogP contribution in [-0.4, -0.2) is 115 Å². The van der Waals surface area contributed by atoms with E-state index in [9.17, 15) is 40.5 Å². The van der Waals surface area contributed by atoms with Gasteiger partial charge in [0, 0.05) is 6.92 Å². The molecule has 2 fully saturated rings. The first-order valence-corrected chi connectivity index (χ1v) is 8.83. The van der Waals surface area contributed by atoms with Crippen LogP contribution in [0.2, 0.25) is 0 Å². The highest BCUT2D eigenvalue weighted by molar-refractivity contribution is 9.10. The molecule has 0 spiro atoms. The minimum Gasteiger partial charge on any atom is -0.442 e. The fourth-order valence-corrected chi connectivity index (χ4v) is 3.65. The van der Waals surface area contributed by atoms with E-state index in [1.165, 1.54) is 0 Å². The fraction of sp³-hybridized carbons (Fsp3) is 0.929. The van der Waals surface area contributed by atoms with Crippen LogP contribution in [-0.2, 0) is 23.7 Å². The Morgan fingerprint density at radius 1 is 1.00 bits per heavy atom. The van der Waals surface area contributed by atoms with Crippen LogP contribution in [0, 0.1) is 0 Å². The van der Waals surface area contributed by atoms with Crippen LogP contribution in [0.3, 0.4) is 0 Å². The highest BCUT2D eigenvalue weighted by Gasteiger charge is 2.59. The number of aliphatic hydroxyl groups excluding tert-OH is 7.